The van der Waals surface area contributed by atoms with Gasteiger partial charge in [-0.15, -0.1) is 0 Å². The van der Waals surface area contributed by atoms with E-state index in [-0.39, 0.29) is 10.7 Å². The number of hydrogen-bond acceptors (Lipinski definition) is 4. The van der Waals surface area contributed by atoms with Crippen molar-refractivity contribution in [3.8, 4) is 0 Å². The summed E-state index contributed by atoms with van der Waals surface area (Å²) in [4.78, 5) is 0.232. The highest BCUT2D eigenvalue weighted by Crippen LogP contribution is 2.18. The van der Waals surface area contributed by atoms with Gasteiger partial charge in [0.1, 0.15) is 5.76 Å². The third-order valence-corrected chi connectivity index (χ3v) is 5.00. The van der Waals surface area contributed by atoms with Crippen molar-refractivity contribution >= 4 is 15.8 Å². The van der Waals surface area contributed by atoms with Gasteiger partial charge in [0, 0.05) is 12.5 Å². The van der Waals surface area contributed by atoms with Crippen LogP contribution in [0, 0.1) is 0 Å². The average molecular weight is 336 g/mol. The maximum atomic E-state index is 12.4. The summed E-state index contributed by atoms with van der Waals surface area (Å²) in [6.45, 7) is 4.22. The smallest absolute Gasteiger partial charge is 0.263 e. The number of anilines is 1. The molecular weight excluding hydrogens is 312 g/mol. The second kappa shape index (κ2) is 8.15. The minimum Gasteiger partial charge on any atom is -0.359 e. The molecule has 23 heavy (non-hydrogen) atoms. The molecule has 0 unspecified atom stereocenters. The molecule has 0 bridgehead atoms. The Morgan fingerprint density at radius 1 is 1.04 bits per heavy atom. The fraction of sp³-hybridized carbons (Fsp3) is 0.471. The molecule has 5 nitrogen and oxygen atoms in total. The Morgan fingerprint density at radius 2 is 1.70 bits per heavy atom. The lowest BCUT2D eigenvalue weighted by atomic mass is 10.1. The van der Waals surface area contributed by atoms with Crippen LogP contribution in [0.2, 0.25) is 0 Å². The first kappa shape index (κ1) is 17.5. The van der Waals surface area contributed by atoms with E-state index < -0.39 is 10.0 Å². The Hall–Kier alpha value is -1.82. The van der Waals surface area contributed by atoms with Crippen LogP contribution in [0.15, 0.2) is 39.8 Å². The van der Waals surface area contributed by atoms with Gasteiger partial charge in [-0.3, -0.25) is 4.72 Å². The lowest BCUT2D eigenvalue weighted by Gasteiger charge is -2.06. The SMILES string of the molecule is CCCCc1ccc(S(=O)(=O)Nc2cc(CCCC)on2)cc1. The Morgan fingerprint density at radius 3 is 2.35 bits per heavy atom. The third kappa shape index (κ3) is 5.10. The molecule has 0 saturated heterocycles. The fourth-order valence-corrected chi connectivity index (χ4v) is 3.23. The van der Waals surface area contributed by atoms with E-state index in [1.54, 1.807) is 18.2 Å². The van der Waals surface area contributed by atoms with Crippen LogP contribution in [-0.4, -0.2) is 13.6 Å². The average Bonchev–Trinajstić information content (AvgIpc) is 2.98. The second-order valence-electron chi connectivity index (χ2n) is 5.64. The summed E-state index contributed by atoms with van der Waals surface area (Å²) < 4.78 is 32.3. The highest BCUT2D eigenvalue weighted by Gasteiger charge is 2.16. The molecule has 1 N–H and O–H groups in total. The van der Waals surface area contributed by atoms with Crippen molar-refractivity contribution < 1.29 is 12.9 Å². The summed E-state index contributed by atoms with van der Waals surface area (Å²) in [6, 6.07) is 8.62. The van der Waals surface area contributed by atoms with E-state index in [0.717, 1.165) is 44.1 Å². The predicted molar refractivity (Wildman–Crippen MR) is 91.0 cm³/mol. The van der Waals surface area contributed by atoms with Crippen LogP contribution < -0.4 is 4.72 Å². The van der Waals surface area contributed by atoms with Crippen LogP contribution in [0.4, 0.5) is 5.82 Å². The first-order valence-corrected chi connectivity index (χ1v) is 9.61. The van der Waals surface area contributed by atoms with Crippen molar-refractivity contribution in [2.24, 2.45) is 0 Å². The minimum atomic E-state index is -3.63. The van der Waals surface area contributed by atoms with Crippen LogP contribution >= 0.6 is 0 Å². The zero-order valence-electron chi connectivity index (χ0n) is 13.7. The molecule has 1 aromatic carbocycles. The van der Waals surface area contributed by atoms with Gasteiger partial charge in [-0.2, -0.15) is 0 Å². The lowest BCUT2D eigenvalue weighted by Crippen LogP contribution is -2.13. The molecule has 2 aromatic rings. The van der Waals surface area contributed by atoms with E-state index in [2.05, 4.69) is 23.7 Å². The molecular formula is C17H24N2O3S. The molecule has 1 heterocycles. The molecule has 0 spiro atoms. The second-order valence-corrected chi connectivity index (χ2v) is 7.32. The van der Waals surface area contributed by atoms with Crippen LogP contribution in [0.5, 0.6) is 0 Å². The van der Waals surface area contributed by atoms with Crippen molar-refractivity contribution in [3.63, 3.8) is 0 Å². The van der Waals surface area contributed by atoms with Crippen LogP contribution in [0.25, 0.3) is 0 Å². The molecule has 0 aliphatic rings. The van der Waals surface area contributed by atoms with Crippen LogP contribution in [0.3, 0.4) is 0 Å². The van der Waals surface area contributed by atoms with Crippen LogP contribution in [0.1, 0.15) is 50.9 Å². The molecule has 0 amide bonds. The number of benzene rings is 1. The topological polar surface area (TPSA) is 72.2 Å². The van der Waals surface area contributed by atoms with E-state index in [4.69, 9.17) is 4.52 Å². The van der Waals surface area contributed by atoms with E-state index >= 15 is 0 Å². The van der Waals surface area contributed by atoms with Gasteiger partial charge in [-0.25, -0.2) is 8.42 Å². The number of nitrogens with one attached hydrogen (secondary N) is 1. The summed E-state index contributed by atoms with van der Waals surface area (Å²) in [7, 11) is -3.63. The summed E-state index contributed by atoms with van der Waals surface area (Å²) >= 11 is 0. The van der Waals surface area contributed by atoms with E-state index in [0.29, 0.717) is 5.76 Å². The third-order valence-electron chi connectivity index (χ3n) is 3.63. The molecule has 0 aliphatic carbocycles. The normalized spacial score (nSPS) is 11.6. The quantitative estimate of drug-likeness (QED) is 0.746. The summed E-state index contributed by atoms with van der Waals surface area (Å²) in [5, 5.41) is 3.77. The molecule has 6 heteroatoms. The van der Waals surface area contributed by atoms with Gasteiger partial charge in [-0.1, -0.05) is 44.0 Å². The number of nitrogens with zero attached hydrogens (tertiary/aromatic N) is 1. The predicted octanol–water partition coefficient (Wildman–Crippen LogP) is 4.16. The minimum absolute atomic E-state index is 0.228. The maximum Gasteiger partial charge on any atom is 0.263 e. The highest BCUT2D eigenvalue weighted by molar-refractivity contribution is 7.92. The Kier molecular flexibility index (Phi) is 6.21. The summed E-state index contributed by atoms with van der Waals surface area (Å²) in [5.41, 5.74) is 1.15. The van der Waals surface area contributed by atoms with Crippen molar-refractivity contribution in [1.29, 1.82) is 0 Å². The maximum absolute atomic E-state index is 12.4. The van der Waals surface area contributed by atoms with E-state index in [1.807, 2.05) is 12.1 Å². The van der Waals surface area contributed by atoms with E-state index in [9.17, 15) is 8.42 Å². The fourth-order valence-electron chi connectivity index (χ4n) is 2.24. The zero-order chi connectivity index (χ0) is 16.7. The number of unbranched alkanes of at least 4 members (excludes halogenated alkanes) is 2. The zero-order valence-corrected chi connectivity index (χ0v) is 14.5. The van der Waals surface area contributed by atoms with Crippen molar-refractivity contribution in [2.75, 3.05) is 4.72 Å². The molecule has 0 fully saturated rings. The number of aromatic nitrogens is 1. The standard InChI is InChI=1S/C17H24N2O3S/c1-3-5-7-14-9-11-16(12-10-14)23(20,21)19-17-13-15(22-18-17)8-6-4-2/h9-13H,3-8H2,1-2H3,(H,18,19). The Bertz CT molecular complexity index is 706. The van der Waals surface area contributed by atoms with Gasteiger partial charge in [0.25, 0.3) is 10.0 Å². The van der Waals surface area contributed by atoms with Gasteiger partial charge in [0.15, 0.2) is 5.82 Å². The molecule has 1 aromatic heterocycles. The summed E-state index contributed by atoms with van der Waals surface area (Å²) in [5.74, 6) is 0.922. The van der Waals surface area contributed by atoms with Crippen molar-refractivity contribution in [1.82, 2.24) is 5.16 Å². The number of rotatable bonds is 9. The Balaban J connectivity index is 2.04. The van der Waals surface area contributed by atoms with Crippen molar-refractivity contribution in [2.45, 2.75) is 57.3 Å². The number of sulfonamides is 1. The molecule has 0 saturated carbocycles. The first-order chi connectivity index (χ1) is 11.0. The summed E-state index contributed by atoms with van der Waals surface area (Å²) in [6.07, 6.45) is 5.98. The van der Waals surface area contributed by atoms with Crippen molar-refractivity contribution in [3.05, 3.63) is 41.7 Å². The van der Waals surface area contributed by atoms with Gasteiger partial charge >= 0.3 is 0 Å². The van der Waals surface area contributed by atoms with E-state index in [1.165, 1.54) is 0 Å². The molecule has 0 radical (unpaired) electrons. The largest absolute Gasteiger partial charge is 0.359 e. The van der Waals surface area contributed by atoms with Crippen LogP contribution in [-0.2, 0) is 22.9 Å². The monoisotopic (exact) mass is 336 g/mol. The first-order valence-electron chi connectivity index (χ1n) is 8.12. The molecule has 126 valence electrons. The Labute approximate surface area is 138 Å². The molecule has 0 aliphatic heterocycles. The van der Waals surface area contributed by atoms with Gasteiger partial charge in [0.05, 0.1) is 4.90 Å². The number of hydrogen-bond donors (Lipinski definition) is 1. The molecule has 2 rings (SSSR count). The lowest BCUT2D eigenvalue weighted by molar-refractivity contribution is 0.382. The number of aryl methyl sites for hydroxylation is 2. The van der Waals surface area contributed by atoms with Gasteiger partial charge in [-0.05, 0) is 37.0 Å². The van der Waals surface area contributed by atoms with Gasteiger partial charge in [0.2, 0.25) is 0 Å². The van der Waals surface area contributed by atoms with Gasteiger partial charge < -0.3 is 4.52 Å². The highest BCUT2D eigenvalue weighted by atomic mass is 32.2. The molecule has 0 atom stereocenters.